The second-order valence-corrected chi connectivity index (χ2v) is 6.98. The molecular formula is C22H29N3O. The summed E-state index contributed by atoms with van der Waals surface area (Å²) in [5, 5.41) is 0. The van der Waals surface area contributed by atoms with Gasteiger partial charge >= 0.3 is 0 Å². The van der Waals surface area contributed by atoms with Gasteiger partial charge in [0, 0.05) is 31.7 Å². The van der Waals surface area contributed by atoms with E-state index in [1.165, 1.54) is 12.0 Å². The summed E-state index contributed by atoms with van der Waals surface area (Å²) in [5.41, 5.74) is 8.85. The molecule has 1 saturated heterocycles. The molecule has 2 aromatic carbocycles. The summed E-state index contributed by atoms with van der Waals surface area (Å²) in [4.78, 5) is 17.2. The topological polar surface area (TPSA) is 49.6 Å². The number of nitrogens with zero attached hydrogens (tertiary/aromatic N) is 2. The van der Waals surface area contributed by atoms with Crippen LogP contribution in [0.2, 0.25) is 0 Å². The van der Waals surface area contributed by atoms with E-state index in [1.54, 1.807) is 0 Å². The lowest BCUT2D eigenvalue weighted by Gasteiger charge is -2.22. The molecule has 4 heteroatoms. The second-order valence-electron chi connectivity index (χ2n) is 6.98. The van der Waals surface area contributed by atoms with Crippen LogP contribution in [0, 0.1) is 0 Å². The fraction of sp³-hybridized carbons (Fsp3) is 0.409. The normalized spacial score (nSPS) is 15.7. The van der Waals surface area contributed by atoms with Crippen LogP contribution < -0.4 is 5.73 Å². The Kier molecular flexibility index (Phi) is 6.81. The van der Waals surface area contributed by atoms with Gasteiger partial charge < -0.3 is 15.5 Å². The van der Waals surface area contributed by atoms with Crippen LogP contribution in [0.15, 0.2) is 54.6 Å². The highest BCUT2D eigenvalue weighted by Gasteiger charge is 2.20. The average molecular weight is 351 g/mol. The fourth-order valence-electron chi connectivity index (χ4n) is 3.52. The van der Waals surface area contributed by atoms with Gasteiger partial charge in [-0.25, -0.2) is 0 Å². The Labute approximate surface area is 156 Å². The van der Waals surface area contributed by atoms with E-state index in [0.29, 0.717) is 6.54 Å². The summed E-state index contributed by atoms with van der Waals surface area (Å²) < 4.78 is 0. The molecule has 0 saturated carbocycles. The summed E-state index contributed by atoms with van der Waals surface area (Å²) in [6.45, 7) is 5.29. The summed E-state index contributed by atoms with van der Waals surface area (Å²) in [5.74, 6) is 0.139. The second kappa shape index (κ2) is 9.51. The van der Waals surface area contributed by atoms with Crippen LogP contribution in [-0.2, 0) is 13.0 Å². The van der Waals surface area contributed by atoms with Gasteiger partial charge in [0.25, 0.3) is 5.91 Å². The molecule has 1 fully saturated rings. The molecule has 26 heavy (non-hydrogen) atoms. The Hall–Kier alpha value is -2.17. The largest absolute Gasteiger partial charge is 0.337 e. The third-order valence-electron chi connectivity index (χ3n) is 5.09. The molecular weight excluding hydrogens is 322 g/mol. The van der Waals surface area contributed by atoms with Gasteiger partial charge in [0.05, 0.1) is 0 Å². The molecule has 0 radical (unpaired) electrons. The van der Waals surface area contributed by atoms with E-state index >= 15 is 0 Å². The zero-order chi connectivity index (χ0) is 18.2. The van der Waals surface area contributed by atoms with Crippen LogP contribution in [0.1, 0.15) is 34.3 Å². The van der Waals surface area contributed by atoms with Gasteiger partial charge in [-0.2, -0.15) is 0 Å². The summed E-state index contributed by atoms with van der Waals surface area (Å²) >= 11 is 0. The molecule has 2 aromatic rings. The van der Waals surface area contributed by atoms with E-state index in [4.69, 9.17) is 5.73 Å². The van der Waals surface area contributed by atoms with Gasteiger partial charge in [-0.05, 0) is 55.6 Å². The van der Waals surface area contributed by atoms with Crippen LogP contribution in [0.4, 0.5) is 0 Å². The Bertz CT molecular complexity index is 684. The zero-order valence-electron chi connectivity index (χ0n) is 15.4. The molecule has 1 aliphatic heterocycles. The third kappa shape index (κ3) is 5.16. The molecule has 2 N–H and O–H groups in total. The Balaban J connectivity index is 1.47. The van der Waals surface area contributed by atoms with Crippen molar-refractivity contribution in [3.05, 3.63) is 71.3 Å². The average Bonchev–Trinajstić information content (AvgIpc) is 2.94. The van der Waals surface area contributed by atoms with Gasteiger partial charge in [0.15, 0.2) is 0 Å². The highest BCUT2D eigenvalue weighted by molar-refractivity contribution is 5.94. The number of hydrogen-bond donors (Lipinski definition) is 1. The van der Waals surface area contributed by atoms with Gasteiger partial charge in [0.2, 0.25) is 0 Å². The first kappa shape index (κ1) is 18.6. The maximum atomic E-state index is 12.7. The quantitative estimate of drug-likeness (QED) is 0.870. The van der Waals surface area contributed by atoms with Crippen molar-refractivity contribution < 1.29 is 4.79 Å². The lowest BCUT2D eigenvalue weighted by molar-refractivity contribution is 0.0761. The van der Waals surface area contributed by atoms with Crippen LogP contribution >= 0.6 is 0 Å². The number of carbonyl (C=O) groups excluding carboxylic acids is 1. The number of hydrogen-bond acceptors (Lipinski definition) is 3. The fourth-order valence-corrected chi connectivity index (χ4v) is 3.52. The number of amides is 1. The molecule has 1 heterocycles. The summed E-state index contributed by atoms with van der Waals surface area (Å²) in [6.07, 6.45) is 3.32. The Morgan fingerprint density at radius 2 is 1.65 bits per heavy atom. The first-order valence-corrected chi connectivity index (χ1v) is 9.61. The van der Waals surface area contributed by atoms with Crippen LogP contribution in [0.25, 0.3) is 0 Å². The van der Waals surface area contributed by atoms with Gasteiger partial charge in [0.1, 0.15) is 0 Å². The maximum absolute atomic E-state index is 12.7. The van der Waals surface area contributed by atoms with Crippen LogP contribution in [0.3, 0.4) is 0 Å². The molecule has 0 atom stereocenters. The van der Waals surface area contributed by atoms with Crippen molar-refractivity contribution in [2.45, 2.75) is 25.8 Å². The highest BCUT2D eigenvalue weighted by atomic mass is 16.2. The molecule has 3 rings (SSSR count). The van der Waals surface area contributed by atoms with Crippen LogP contribution in [-0.4, -0.2) is 48.4 Å². The molecule has 4 nitrogen and oxygen atoms in total. The van der Waals surface area contributed by atoms with Crippen molar-refractivity contribution in [3.63, 3.8) is 0 Å². The van der Waals surface area contributed by atoms with Gasteiger partial charge in [-0.1, -0.05) is 42.5 Å². The van der Waals surface area contributed by atoms with Crippen molar-refractivity contribution in [2.24, 2.45) is 5.73 Å². The smallest absolute Gasteiger partial charge is 0.253 e. The lowest BCUT2D eigenvalue weighted by Crippen LogP contribution is -2.35. The minimum Gasteiger partial charge on any atom is -0.337 e. The van der Waals surface area contributed by atoms with Crippen LogP contribution in [0.5, 0.6) is 0 Å². The van der Waals surface area contributed by atoms with E-state index in [1.807, 2.05) is 29.2 Å². The van der Waals surface area contributed by atoms with Gasteiger partial charge in [-0.15, -0.1) is 0 Å². The van der Waals surface area contributed by atoms with Crippen molar-refractivity contribution in [2.75, 3.05) is 32.7 Å². The molecule has 0 unspecified atom stereocenters. The van der Waals surface area contributed by atoms with Crippen molar-refractivity contribution in [3.8, 4) is 0 Å². The minimum absolute atomic E-state index is 0.139. The van der Waals surface area contributed by atoms with Crippen molar-refractivity contribution in [1.29, 1.82) is 0 Å². The number of rotatable bonds is 6. The molecule has 0 aromatic heterocycles. The van der Waals surface area contributed by atoms with Crippen molar-refractivity contribution in [1.82, 2.24) is 9.80 Å². The number of benzene rings is 2. The van der Waals surface area contributed by atoms with E-state index in [2.05, 4.69) is 35.2 Å². The molecule has 0 bridgehead atoms. The lowest BCUT2D eigenvalue weighted by atomic mass is 10.1. The molecule has 138 valence electrons. The number of carbonyl (C=O) groups is 1. The third-order valence-corrected chi connectivity index (χ3v) is 5.09. The first-order chi connectivity index (χ1) is 12.8. The maximum Gasteiger partial charge on any atom is 0.253 e. The predicted octanol–water partition coefficient (Wildman–Crippen LogP) is 2.93. The standard InChI is InChI=1S/C22H29N3O/c23-18-20-9-11-21(12-10-20)22(26)25-15-5-14-24(16-17-25)13-4-8-19-6-2-1-3-7-19/h1-3,6-7,9-12H,4-5,8,13-18,23H2. The van der Waals surface area contributed by atoms with E-state index in [9.17, 15) is 4.79 Å². The summed E-state index contributed by atoms with van der Waals surface area (Å²) in [6, 6.07) is 18.3. The zero-order valence-corrected chi connectivity index (χ0v) is 15.4. The molecule has 1 aliphatic rings. The van der Waals surface area contributed by atoms with Crippen molar-refractivity contribution >= 4 is 5.91 Å². The minimum atomic E-state index is 0.139. The predicted molar refractivity (Wildman–Crippen MR) is 106 cm³/mol. The molecule has 1 amide bonds. The molecule has 0 aliphatic carbocycles. The van der Waals surface area contributed by atoms with Gasteiger partial charge in [-0.3, -0.25) is 4.79 Å². The SMILES string of the molecule is NCc1ccc(C(=O)N2CCCN(CCCc3ccccc3)CC2)cc1. The Morgan fingerprint density at radius 1 is 0.885 bits per heavy atom. The Morgan fingerprint density at radius 3 is 2.38 bits per heavy atom. The summed E-state index contributed by atoms with van der Waals surface area (Å²) in [7, 11) is 0. The monoisotopic (exact) mass is 351 g/mol. The highest BCUT2D eigenvalue weighted by Crippen LogP contribution is 2.12. The molecule has 0 spiro atoms. The van der Waals surface area contributed by atoms with E-state index in [-0.39, 0.29) is 5.91 Å². The number of nitrogens with two attached hydrogens (primary N) is 1. The number of aryl methyl sites for hydroxylation is 1. The van der Waals surface area contributed by atoms with E-state index in [0.717, 1.165) is 56.7 Å². The van der Waals surface area contributed by atoms with E-state index < -0.39 is 0 Å². The first-order valence-electron chi connectivity index (χ1n) is 9.61.